The molecular weight excluding hydrogens is 223 g/mol. The van der Waals surface area contributed by atoms with E-state index in [0.29, 0.717) is 30.8 Å². The van der Waals surface area contributed by atoms with Gasteiger partial charge in [0.15, 0.2) is 0 Å². The van der Waals surface area contributed by atoms with Crippen molar-refractivity contribution in [2.24, 2.45) is 0 Å². The summed E-state index contributed by atoms with van der Waals surface area (Å²) < 4.78 is 17.8. The van der Waals surface area contributed by atoms with Crippen LogP contribution in [0.3, 0.4) is 0 Å². The predicted octanol–water partition coefficient (Wildman–Crippen LogP) is 2.54. The van der Waals surface area contributed by atoms with E-state index >= 15 is 0 Å². The maximum atomic E-state index is 12.3. The van der Waals surface area contributed by atoms with E-state index < -0.39 is 18.1 Å². The highest BCUT2D eigenvalue weighted by atomic mass is 19.1. The number of hydrogen-bond acceptors (Lipinski definition) is 2. The Balaban J connectivity index is 2.43. The van der Waals surface area contributed by atoms with Crippen LogP contribution in [0.4, 0.5) is 4.39 Å². The number of fused-ring (bicyclic) bond motifs is 1. The van der Waals surface area contributed by atoms with Gasteiger partial charge in [0.05, 0.1) is 18.7 Å². The lowest BCUT2D eigenvalue weighted by Gasteiger charge is -2.35. The number of hydrogen-bond donors (Lipinski definition) is 1. The van der Waals surface area contributed by atoms with Gasteiger partial charge in [0.1, 0.15) is 5.75 Å². The zero-order chi connectivity index (χ0) is 12.3. The Morgan fingerprint density at radius 3 is 2.94 bits per heavy atom. The molecule has 1 atom stereocenters. The molecule has 1 N–H and O–H groups in total. The molecule has 0 aliphatic carbocycles. The average molecular weight is 238 g/mol. The summed E-state index contributed by atoms with van der Waals surface area (Å²) in [5.41, 5.74) is -0.312. The third kappa shape index (κ3) is 1.99. The number of carbonyl (C=O) groups is 1. The van der Waals surface area contributed by atoms with Crippen molar-refractivity contribution >= 4 is 5.97 Å². The van der Waals surface area contributed by atoms with E-state index in [1.807, 2.05) is 6.07 Å². The van der Waals surface area contributed by atoms with Crippen molar-refractivity contribution in [3.63, 3.8) is 0 Å². The van der Waals surface area contributed by atoms with Gasteiger partial charge in [-0.3, -0.25) is 9.18 Å². The largest absolute Gasteiger partial charge is 0.493 e. The standard InChI is InChI=1S/C13H15FO3/c14-8-3-6-13(12(15)16)7-9-17-11-5-2-1-4-10(11)13/h1-2,4-5H,3,6-9H2,(H,15,16). The van der Waals surface area contributed by atoms with E-state index in [9.17, 15) is 14.3 Å². The minimum Gasteiger partial charge on any atom is -0.493 e. The second-order valence-corrected chi connectivity index (χ2v) is 4.27. The molecule has 3 nitrogen and oxygen atoms in total. The number of aliphatic carboxylic acids is 1. The van der Waals surface area contributed by atoms with Crippen molar-refractivity contribution < 1.29 is 19.0 Å². The second kappa shape index (κ2) is 4.73. The van der Waals surface area contributed by atoms with E-state index in [-0.39, 0.29) is 6.42 Å². The highest BCUT2D eigenvalue weighted by Gasteiger charge is 2.43. The highest BCUT2D eigenvalue weighted by molar-refractivity contribution is 5.83. The number of carboxylic acids is 1. The van der Waals surface area contributed by atoms with Gasteiger partial charge < -0.3 is 9.84 Å². The second-order valence-electron chi connectivity index (χ2n) is 4.27. The van der Waals surface area contributed by atoms with E-state index in [2.05, 4.69) is 0 Å². The normalized spacial score (nSPS) is 22.6. The Morgan fingerprint density at radius 1 is 1.47 bits per heavy atom. The fourth-order valence-corrected chi connectivity index (χ4v) is 2.42. The number of para-hydroxylation sites is 1. The summed E-state index contributed by atoms with van der Waals surface area (Å²) >= 11 is 0. The molecule has 0 amide bonds. The van der Waals surface area contributed by atoms with Gasteiger partial charge in [-0.25, -0.2) is 0 Å². The summed E-state index contributed by atoms with van der Waals surface area (Å²) in [6.07, 6.45) is 0.985. The van der Waals surface area contributed by atoms with Crippen LogP contribution in [0, 0.1) is 0 Å². The molecule has 2 rings (SSSR count). The molecule has 1 heterocycles. The summed E-state index contributed by atoms with van der Waals surface area (Å²) in [4.78, 5) is 11.6. The molecule has 1 aliphatic rings. The number of halogens is 1. The van der Waals surface area contributed by atoms with E-state index in [0.717, 1.165) is 0 Å². The molecule has 0 saturated heterocycles. The molecule has 0 aromatic heterocycles. The van der Waals surface area contributed by atoms with Gasteiger partial charge in [-0.15, -0.1) is 0 Å². The fourth-order valence-electron chi connectivity index (χ4n) is 2.42. The first kappa shape index (κ1) is 11.9. The van der Waals surface area contributed by atoms with Crippen LogP contribution in [0.25, 0.3) is 0 Å². The number of benzene rings is 1. The van der Waals surface area contributed by atoms with E-state index in [4.69, 9.17) is 4.74 Å². The molecule has 0 spiro atoms. The molecule has 4 heteroatoms. The van der Waals surface area contributed by atoms with Crippen molar-refractivity contribution in [2.45, 2.75) is 24.7 Å². The maximum Gasteiger partial charge on any atom is 0.314 e. The minimum atomic E-state index is -0.985. The molecule has 1 unspecified atom stereocenters. The van der Waals surface area contributed by atoms with Crippen molar-refractivity contribution in [1.82, 2.24) is 0 Å². The fraction of sp³-hybridized carbons (Fsp3) is 0.462. The number of rotatable bonds is 4. The van der Waals surface area contributed by atoms with Crippen LogP contribution in [0.15, 0.2) is 24.3 Å². The third-order valence-corrected chi connectivity index (χ3v) is 3.34. The van der Waals surface area contributed by atoms with Crippen LogP contribution in [0.1, 0.15) is 24.8 Å². The first-order valence-corrected chi connectivity index (χ1v) is 5.72. The topological polar surface area (TPSA) is 46.5 Å². The molecule has 1 aromatic rings. The number of ether oxygens (including phenoxy) is 1. The van der Waals surface area contributed by atoms with Gasteiger partial charge >= 0.3 is 5.97 Å². The van der Waals surface area contributed by atoms with Crippen LogP contribution in [-0.4, -0.2) is 24.4 Å². The van der Waals surface area contributed by atoms with Gasteiger partial charge in [0.25, 0.3) is 0 Å². The van der Waals surface area contributed by atoms with Crippen LogP contribution in [-0.2, 0) is 10.2 Å². The predicted molar refractivity (Wildman–Crippen MR) is 61.1 cm³/mol. The van der Waals surface area contributed by atoms with E-state index in [1.54, 1.807) is 18.2 Å². The Morgan fingerprint density at radius 2 is 2.24 bits per heavy atom. The molecule has 1 aromatic carbocycles. The lowest BCUT2D eigenvalue weighted by molar-refractivity contribution is -0.145. The van der Waals surface area contributed by atoms with Crippen molar-refractivity contribution in [2.75, 3.05) is 13.3 Å². The quantitative estimate of drug-likeness (QED) is 0.876. The van der Waals surface area contributed by atoms with Gasteiger partial charge in [-0.1, -0.05) is 18.2 Å². The van der Waals surface area contributed by atoms with Crippen molar-refractivity contribution in [1.29, 1.82) is 0 Å². The summed E-state index contributed by atoms with van der Waals surface area (Å²) in [7, 11) is 0. The zero-order valence-electron chi connectivity index (χ0n) is 9.49. The summed E-state index contributed by atoms with van der Waals surface area (Å²) in [6.45, 7) is -0.117. The van der Waals surface area contributed by atoms with Crippen molar-refractivity contribution in [3.8, 4) is 5.75 Å². The maximum absolute atomic E-state index is 12.3. The average Bonchev–Trinajstić information content (AvgIpc) is 2.36. The molecule has 92 valence electrons. The third-order valence-electron chi connectivity index (χ3n) is 3.34. The van der Waals surface area contributed by atoms with E-state index in [1.165, 1.54) is 0 Å². The Labute approximate surface area is 99.2 Å². The zero-order valence-corrected chi connectivity index (χ0v) is 9.49. The smallest absolute Gasteiger partial charge is 0.314 e. The van der Waals surface area contributed by atoms with Gasteiger partial charge in [0, 0.05) is 12.0 Å². The number of carboxylic acid groups (broad SMARTS) is 1. The molecule has 0 fully saturated rings. The Hall–Kier alpha value is -1.58. The highest BCUT2D eigenvalue weighted by Crippen LogP contribution is 2.42. The summed E-state index contributed by atoms with van der Waals surface area (Å²) in [5, 5.41) is 9.48. The molecule has 17 heavy (non-hydrogen) atoms. The van der Waals surface area contributed by atoms with Gasteiger partial charge in [-0.2, -0.15) is 0 Å². The molecule has 0 radical (unpaired) electrons. The molecular formula is C13H15FO3. The van der Waals surface area contributed by atoms with Crippen LogP contribution in [0.5, 0.6) is 5.75 Å². The Bertz CT molecular complexity index is 419. The summed E-state index contributed by atoms with van der Waals surface area (Å²) in [6, 6.07) is 7.13. The minimum absolute atomic E-state index is 0.265. The van der Waals surface area contributed by atoms with Crippen LogP contribution < -0.4 is 4.74 Å². The lowest BCUT2D eigenvalue weighted by atomic mass is 9.73. The monoisotopic (exact) mass is 238 g/mol. The SMILES string of the molecule is O=C(O)C1(CCCF)CCOc2ccccc21. The number of alkyl halides is 1. The lowest BCUT2D eigenvalue weighted by Crippen LogP contribution is -2.40. The van der Waals surface area contributed by atoms with Crippen LogP contribution in [0.2, 0.25) is 0 Å². The molecule has 1 aliphatic heterocycles. The Kier molecular flexibility index (Phi) is 3.31. The first-order valence-electron chi connectivity index (χ1n) is 5.72. The first-order chi connectivity index (χ1) is 8.20. The summed E-state index contributed by atoms with van der Waals surface area (Å²) in [5.74, 6) is -0.276. The van der Waals surface area contributed by atoms with Crippen molar-refractivity contribution in [3.05, 3.63) is 29.8 Å². The molecule has 0 saturated carbocycles. The van der Waals surface area contributed by atoms with Gasteiger partial charge in [0.2, 0.25) is 0 Å². The molecule has 0 bridgehead atoms. The van der Waals surface area contributed by atoms with Crippen LogP contribution >= 0.6 is 0 Å². The van der Waals surface area contributed by atoms with Gasteiger partial charge in [-0.05, 0) is 18.9 Å².